The molecule has 3 rings (SSSR count). The fourth-order valence-corrected chi connectivity index (χ4v) is 4.20. The average molecular weight is 309 g/mol. The maximum absolute atomic E-state index is 11.2. The Morgan fingerprint density at radius 3 is 2.81 bits per heavy atom. The van der Waals surface area contributed by atoms with Gasteiger partial charge in [-0.25, -0.2) is 0 Å². The first-order valence-corrected chi connectivity index (χ1v) is 8.20. The van der Waals surface area contributed by atoms with Crippen LogP contribution in [-0.2, 0) is 6.54 Å². The summed E-state index contributed by atoms with van der Waals surface area (Å²) in [6.45, 7) is 1.70. The van der Waals surface area contributed by atoms with E-state index in [1.54, 1.807) is 12.1 Å². The number of benzene rings is 1. The van der Waals surface area contributed by atoms with Crippen LogP contribution in [-0.4, -0.2) is 22.4 Å². The topological polar surface area (TPSA) is 46.4 Å². The van der Waals surface area contributed by atoms with E-state index in [9.17, 15) is 10.1 Å². The van der Waals surface area contributed by atoms with E-state index in [0.717, 1.165) is 18.0 Å². The van der Waals surface area contributed by atoms with Gasteiger partial charge in [0.15, 0.2) is 0 Å². The van der Waals surface area contributed by atoms with Crippen molar-refractivity contribution in [1.82, 2.24) is 4.90 Å². The largest absolute Gasteiger partial charge is 0.296 e. The van der Waals surface area contributed by atoms with Gasteiger partial charge in [-0.1, -0.05) is 24.4 Å². The predicted molar refractivity (Wildman–Crippen MR) is 83.5 cm³/mol. The van der Waals surface area contributed by atoms with E-state index in [-0.39, 0.29) is 10.6 Å². The van der Waals surface area contributed by atoms with Crippen LogP contribution in [0.1, 0.15) is 44.1 Å². The van der Waals surface area contributed by atoms with Crippen LogP contribution in [0.5, 0.6) is 0 Å². The number of rotatable bonds is 3. The predicted octanol–water partition coefficient (Wildman–Crippen LogP) is 4.40. The van der Waals surface area contributed by atoms with Crippen molar-refractivity contribution in [2.45, 2.75) is 51.1 Å². The van der Waals surface area contributed by atoms with Crippen molar-refractivity contribution in [2.24, 2.45) is 5.92 Å². The van der Waals surface area contributed by atoms with Crippen LogP contribution in [0.2, 0.25) is 5.02 Å². The molecule has 21 heavy (non-hydrogen) atoms. The highest BCUT2D eigenvalue weighted by Gasteiger charge is 2.33. The first-order valence-electron chi connectivity index (χ1n) is 7.82. The summed E-state index contributed by atoms with van der Waals surface area (Å²) in [5.74, 6) is 0.783. The number of nitrogens with zero attached hydrogens (tertiary/aromatic N) is 2. The molecule has 4 nitrogen and oxygen atoms in total. The zero-order valence-corrected chi connectivity index (χ0v) is 12.9. The number of fused-ring (bicyclic) bond motifs is 1. The van der Waals surface area contributed by atoms with Crippen LogP contribution in [0, 0.1) is 16.0 Å². The van der Waals surface area contributed by atoms with Gasteiger partial charge >= 0.3 is 0 Å². The Labute approximate surface area is 130 Å². The normalized spacial score (nSPS) is 26.3. The minimum atomic E-state index is -0.298. The summed E-state index contributed by atoms with van der Waals surface area (Å²) in [6, 6.07) is 5.49. The van der Waals surface area contributed by atoms with E-state index in [4.69, 9.17) is 11.6 Å². The first kappa shape index (κ1) is 14.8. The molecule has 0 N–H and O–H groups in total. The number of nitro benzene ring substituents is 1. The summed E-state index contributed by atoms with van der Waals surface area (Å²) in [7, 11) is 0. The number of hydrogen-bond acceptors (Lipinski definition) is 3. The Morgan fingerprint density at radius 2 is 2.00 bits per heavy atom. The van der Waals surface area contributed by atoms with E-state index in [0.29, 0.717) is 17.6 Å². The molecule has 0 bridgehead atoms. The summed E-state index contributed by atoms with van der Waals surface area (Å²) in [6.07, 6.45) is 7.70. The fourth-order valence-electron chi connectivity index (χ4n) is 4.00. The molecule has 1 heterocycles. The van der Waals surface area contributed by atoms with Crippen molar-refractivity contribution in [1.29, 1.82) is 0 Å². The maximum atomic E-state index is 11.2. The number of likely N-dealkylation sites (tertiary alicyclic amines) is 1. The molecule has 0 amide bonds. The molecule has 1 aliphatic heterocycles. The zero-order chi connectivity index (χ0) is 14.8. The van der Waals surface area contributed by atoms with E-state index >= 15 is 0 Å². The van der Waals surface area contributed by atoms with Gasteiger partial charge in [0, 0.05) is 29.2 Å². The Balaban J connectivity index is 1.82. The van der Waals surface area contributed by atoms with Crippen molar-refractivity contribution in [3.63, 3.8) is 0 Å². The molecule has 1 aromatic carbocycles. The van der Waals surface area contributed by atoms with E-state index in [1.807, 2.05) is 0 Å². The lowest BCUT2D eigenvalue weighted by atomic mass is 9.78. The van der Waals surface area contributed by atoms with E-state index in [2.05, 4.69) is 4.90 Å². The standard InChI is InChI=1S/C16H21ClN2O2/c17-14-7-8-16(19(20)21)13(10-14)11-18-9-3-5-12-4-1-2-6-15(12)18/h7-8,10,12,15H,1-6,9,11H2/t12-,15-/m0/s1. The minimum Gasteiger partial charge on any atom is -0.296 e. The molecule has 0 aromatic heterocycles. The lowest BCUT2D eigenvalue weighted by Gasteiger charge is -2.44. The van der Waals surface area contributed by atoms with Crippen LogP contribution in [0.4, 0.5) is 5.69 Å². The fraction of sp³-hybridized carbons (Fsp3) is 0.625. The van der Waals surface area contributed by atoms with Gasteiger partial charge in [-0.05, 0) is 50.3 Å². The molecule has 1 aromatic rings. The second-order valence-corrected chi connectivity index (χ2v) is 6.69. The molecule has 5 heteroatoms. The van der Waals surface area contributed by atoms with Crippen LogP contribution in [0.15, 0.2) is 18.2 Å². The molecule has 0 unspecified atom stereocenters. The maximum Gasteiger partial charge on any atom is 0.273 e. The third kappa shape index (κ3) is 3.22. The molecule has 2 aliphatic rings. The molecule has 0 radical (unpaired) electrons. The van der Waals surface area contributed by atoms with Crippen molar-refractivity contribution in [3.8, 4) is 0 Å². The van der Waals surface area contributed by atoms with Crippen LogP contribution in [0.25, 0.3) is 0 Å². The Morgan fingerprint density at radius 1 is 1.24 bits per heavy atom. The quantitative estimate of drug-likeness (QED) is 0.614. The van der Waals surface area contributed by atoms with Crippen molar-refractivity contribution in [2.75, 3.05) is 6.54 Å². The van der Waals surface area contributed by atoms with Crippen molar-refractivity contribution < 1.29 is 4.92 Å². The molecule has 1 saturated carbocycles. The summed E-state index contributed by atoms with van der Waals surface area (Å²) in [4.78, 5) is 13.4. The van der Waals surface area contributed by atoms with Gasteiger partial charge in [-0.15, -0.1) is 0 Å². The average Bonchev–Trinajstić information content (AvgIpc) is 2.47. The summed E-state index contributed by atoms with van der Waals surface area (Å²) < 4.78 is 0. The Hall–Kier alpha value is -1.13. The lowest BCUT2D eigenvalue weighted by Crippen LogP contribution is -2.46. The molecule has 2 fully saturated rings. The monoisotopic (exact) mass is 308 g/mol. The summed E-state index contributed by atoms with van der Waals surface area (Å²) in [5, 5.41) is 11.8. The molecular weight excluding hydrogens is 288 g/mol. The lowest BCUT2D eigenvalue weighted by molar-refractivity contribution is -0.385. The highest BCUT2D eigenvalue weighted by atomic mass is 35.5. The van der Waals surface area contributed by atoms with E-state index < -0.39 is 0 Å². The SMILES string of the molecule is O=[N+]([O-])c1ccc(Cl)cc1CN1CCC[C@@H]2CCCC[C@@H]21. The second kappa shape index (κ2) is 6.32. The van der Waals surface area contributed by atoms with Crippen molar-refractivity contribution in [3.05, 3.63) is 38.9 Å². The Kier molecular flexibility index (Phi) is 4.45. The molecule has 2 atom stereocenters. The highest BCUT2D eigenvalue weighted by Crippen LogP contribution is 2.37. The van der Waals surface area contributed by atoms with Gasteiger partial charge in [-0.3, -0.25) is 15.0 Å². The molecule has 0 spiro atoms. The first-order chi connectivity index (χ1) is 10.1. The van der Waals surface area contributed by atoms with Gasteiger partial charge in [-0.2, -0.15) is 0 Å². The van der Waals surface area contributed by atoms with E-state index in [1.165, 1.54) is 44.6 Å². The van der Waals surface area contributed by atoms with Crippen LogP contribution in [0.3, 0.4) is 0 Å². The third-order valence-electron chi connectivity index (χ3n) is 4.97. The number of hydrogen-bond donors (Lipinski definition) is 0. The molecular formula is C16H21ClN2O2. The summed E-state index contributed by atoms with van der Waals surface area (Å²) >= 11 is 6.04. The minimum absolute atomic E-state index is 0.192. The van der Waals surface area contributed by atoms with Gasteiger partial charge in [0.25, 0.3) is 5.69 Å². The van der Waals surface area contributed by atoms with Gasteiger partial charge in [0.05, 0.1) is 4.92 Å². The van der Waals surface area contributed by atoms with Crippen molar-refractivity contribution >= 4 is 17.3 Å². The van der Waals surface area contributed by atoms with Gasteiger partial charge in [0.2, 0.25) is 0 Å². The number of nitro groups is 1. The molecule has 114 valence electrons. The zero-order valence-electron chi connectivity index (χ0n) is 12.1. The number of halogens is 1. The van der Waals surface area contributed by atoms with Crippen LogP contribution < -0.4 is 0 Å². The summed E-state index contributed by atoms with van der Waals surface area (Å²) in [5.41, 5.74) is 0.941. The van der Waals surface area contributed by atoms with Crippen LogP contribution >= 0.6 is 11.6 Å². The smallest absolute Gasteiger partial charge is 0.273 e. The highest BCUT2D eigenvalue weighted by molar-refractivity contribution is 6.30. The van der Waals surface area contributed by atoms with Gasteiger partial charge < -0.3 is 0 Å². The Bertz CT molecular complexity index is 533. The molecule has 1 saturated heterocycles. The third-order valence-corrected chi connectivity index (χ3v) is 5.20. The van der Waals surface area contributed by atoms with Gasteiger partial charge in [0.1, 0.15) is 0 Å². The second-order valence-electron chi connectivity index (χ2n) is 6.25. The number of piperidine rings is 1. The molecule has 1 aliphatic carbocycles.